The lowest BCUT2D eigenvalue weighted by Crippen LogP contribution is -1.96. The lowest BCUT2D eigenvalue weighted by Gasteiger charge is -2.05. The maximum absolute atomic E-state index is 10.8. The number of rotatable bonds is 9. The number of unbranched alkanes of at least 4 members (excludes halogenated alkanes) is 2. The van der Waals surface area contributed by atoms with Crippen molar-refractivity contribution < 1.29 is 14.6 Å². The molecule has 0 aliphatic rings. The van der Waals surface area contributed by atoms with Crippen LogP contribution >= 0.6 is 11.6 Å². The fraction of sp³-hybridized carbons (Fsp3) is 0.278. The Morgan fingerprint density at radius 1 is 0.917 bits per heavy atom. The molecule has 0 aromatic heterocycles. The zero-order chi connectivity index (χ0) is 17.2. The van der Waals surface area contributed by atoms with Crippen molar-refractivity contribution in [1.82, 2.24) is 0 Å². The molecule has 0 saturated carbocycles. The van der Waals surface area contributed by atoms with E-state index < -0.39 is 5.97 Å². The largest absolute Gasteiger partial charge is 0.494 e. The number of nitrogens with zero attached hydrogens (tertiary/aromatic N) is 2. The standard InChI is InChI=1S/C18H19ClN2O3/c19-12-2-1-3-13-24-17-10-8-16(9-11-17)21-20-15-6-4-14(5-7-15)18(22)23/h4-11H,1-3,12-13H2,(H,22,23)/b21-20+. The zero-order valence-electron chi connectivity index (χ0n) is 13.2. The van der Waals surface area contributed by atoms with Gasteiger partial charge in [-0.25, -0.2) is 4.79 Å². The molecule has 0 unspecified atom stereocenters. The number of alkyl halides is 1. The molecule has 24 heavy (non-hydrogen) atoms. The average Bonchev–Trinajstić information content (AvgIpc) is 2.61. The number of ether oxygens (including phenoxy) is 1. The molecule has 6 heteroatoms. The zero-order valence-corrected chi connectivity index (χ0v) is 13.9. The molecule has 2 aromatic rings. The van der Waals surface area contributed by atoms with Crippen LogP contribution in [0.4, 0.5) is 11.4 Å². The summed E-state index contributed by atoms with van der Waals surface area (Å²) in [5.74, 6) is 0.529. The van der Waals surface area contributed by atoms with E-state index in [1.807, 2.05) is 24.3 Å². The predicted molar refractivity (Wildman–Crippen MR) is 94.1 cm³/mol. The van der Waals surface area contributed by atoms with Gasteiger partial charge in [-0.1, -0.05) is 0 Å². The van der Waals surface area contributed by atoms with Crippen LogP contribution in [-0.4, -0.2) is 23.6 Å². The Labute approximate surface area is 145 Å². The fourth-order valence-electron chi connectivity index (χ4n) is 1.96. The summed E-state index contributed by atoms with van der Waals surface area (Å²) in [5.41, 5.74) is 1.52. The molecule has 0 amide bonds. The Morgan fingerprint density at radius 2 is 1.50 bits per heavy atom. The van der Waals surface area contributed by atoms with E-state index in [0.717, 1.165) is 25.0 Å². The van der Waals surface area contributed by atoms with E-state index >= 15 is 0 Å². The summed E-state index contributed by atoms with van der Waals surface area (Å²) in [5, 5.41) is 17.0. The smallest absolute Gasteiger partial charge is 0.335 e. The molecule has 0 atom stereocenters. The Hall–Kier alpha value is -2.40. The Bertz CT molecular complexity index is 670. The van der Waals surface area contributed by atoms with Crippen LogP contribution in [0, 0.1) is 0 Å². The molecule has 0 radical (unpaired) electrons. The van der Waals surface area contributed by atoms with Gasteiger partial charge >= 0.3 is 5.97 Å². The van der Waals surface area contributed by atoms with Crippen molar-refractivity contribution in [3.8, 4) is 5.75 Å². The topological polar surface area (TPSA) is 71.2 Å². The van der Waals surface area contributed by atoms with Gasteiger partial charge in [-0.2, -0.15) is 10.2 Å². The van der Waals surface area contributed by atoms with Gasteiger partial charge in [0.05, 0.1) is 23.5 Å². The lowest BCUT2D eigenvalue weighted by atomic mass is 10.2. The second kappa shape index (κ2) is 9.67. The maximum atomic E-state index is 10.8. The van der Waals surface area contributed by atoms with Crippen LogP contribution in [0.25, 0.3) is 0 Å². The summed E-state index contributed by atoms with van der Waals surface area (Å²) >= 11 is 5.62. The summed E-state index contributed by atoms with van der Waals surface area (Å²) in [4.78, 5) is 10.8. The number of aromatic carboxylic acids is 1. The second-order valence-electron chi connectivity index (χ2n) is 5.14. The monoisotopic (exact) mass is 346 g/mol. The van der Waals surface area contributed by atoms with Crippen LogP contribution in [0.2, 0.25) is 0 Å². The van der Waals surface area contributed by atoms with Gasteiger partial charge in [0.15, 0.2) is 0 Å². The summed E-state index contributed by atoms with van der Waals surface area (Å²) in [6.45, 7) is 0.674. The SMILES string of the molecule is O=C(O)c1ccc(/N=N/c2ccc(OCCCCCCl)cc2)cc1. The fourth-order valence-corrected chi connectivity index (χ4v) is 2.15. The number of carbonyl (C=O) groups is 1. The summed E-state index contributed by atoms with van der Waals surface area (Å²) in [6, 6.07) is 13.6. The molecule has 126 valence electrons. The molecule has 0 aliphatic carbocycles. The molecule has 0 fully saturated rings. The second-order valence-corrected chi connectivity index (χ2v) is 5.52. The minimum Gasteiger partial charge on any atom is -0.494 e. The van der Waals surface area contributed by atoms with Crippen LogP contribution in [0.15, 0.2) is 58.8 Å². The summed E-state index contributed by atoms with van der Waals surface area (Å²) < 4.78 is 5.63. The number of hydrogen-bond donors (Lipinski definition) is 1. The van der Waals surface area contributed by atoms with Crippen molar-refractivity contribution in [2.24, 2.45) is 10.2 Å². The van der Waals surface area contributed by atoms with Crippen LogP contribution in [-0.2, 0) is 0 Å². The first-order valence-electron chi connectivity index (χ1n) is 7.73. The highest BCUT2D eigenvalue weighted by Gasteiger charge is 2.01. The molecule has 1 N–H and O–H groups in total. The highest BCUT2D eigenvalue weighted by atomic mass is 35.5. The van der Waals surface area contributed by atoms with E-state index in [1.165, 1.54) is 12.1 Å². The van der Waals surface area contributed by atoms with Gasteiger partial charge in [0.1, 0.15) is 5.75 Å². The first-order chi connectivity index (χ1) is 11.7. The number of benzene rings is 2. The highest BCUT2D eigenvalue weighted by molar-refractivity contribution is 6.17. The van der Waals surface area contributed by atoms with Crippen molar-refractivity contribution in [1.29, 1.82) is 0 Å². The first kappa shape index (κ1) is 17.9. The van der Waals surface area contributed by atoms with Crippen molar-refractivity contribution >= 4 is 28.9 Å². The number of carboxylic acids is 1. The summed E-state index contributed by atoms with van der Waals surface area (Å²) in [6.07, 6.45) is 3.06. The van der Waals surface area contributed by atoms with Crippen LogP contribution in [0.5, 0.6) is 5.75 Å². The lowest BCUT2D eigenvalue weighted by molar-refractivity contribution is 0.0697. The summed E-state index contributed by atoms with van der Waals surface area (Å²) in [7, 11) is 0. The molecule has 0 saturated heterocycles. The molecular formula is C18H19ClN2O3. The third-order valence-electron chi connectivity index (χ3n) is 3.28. The van der Waals surface area contributed by atoms with E-state index in [4.69, 9.17) is 21.4 Å². The maximum Gasteiger partial charge on any atom is 0.335 e. The van der Waals surface area contributed by atoms with Crippen molar-refractivity contribution in [3.63, 3.8) is 0 Å². The van der Waals surface area contributed by atoms with Crippen LogP contribution < -0.4 is 4.74 Å². The van der Waals surface area contributed by atoms with E-state index in [1.54, 1.807) is 12.1 Å². The van der Waals surface area contributed by atoms with Gasteiger partial charge in [0.25, 0.3) is 0 Å². The number of carboxylic acid groups (broad SMARTS) is 1. The van der Waals surface area contributed by atoms with E-state index in [0.29, 0.717) is 23.9 Å². The van der Waals surface area contributed by atoms with E-state index in [2.05, 4.69) is 10.2 Å². The number of halogens is 1. The molecule has 5 nitrogen and oxygen atoms in total. The molecule has 0 heterocycles. The average molecular weight is 347 g/mol. The van der Waals surface area contributed by atoms with Crippen LogP contribution in [0.3, 0.4) is 0 Å². The van der Waals surface area contributed by atoms with E-state index in [9.17, 15) is 4.79 Å². The van der Waals surface area contributed by atoms with Gasteiger partial charge in [0.2, 0.25) is 0 Å². The molecule has 0 bridgehead atoms. The third-order valence-corrected chi connectivity index (χ3v) is 3.55. The number of hydrogen-bond acceptors (Lipinski definition) is 4. The number of azo groups is 1. The minimum absolute atomic E-state index is 0.224. The van der Waals surface area contributed by atoms with Gasteiger partial charge < -0.3 is 9.84 Å². The van der Waals surface area contributed by atoms with E-state index in [-0.39, 0.29) is 5.56 Å². The Balaban J connectivity index is 1.85. The van der Waals surface area contributed by atoms with Crippen molar-refractivity contribution in [2.45, 2.75) is 19.3 Å². The predicted octanol–water partition coefficient (Wildman–Crippen LogP) is 5.59. The quantitative estimate of drug-likeness (QED) is 0.365. The molecule has 0 aliphatic heterocycles. The highest BCUT2D eigenvalue weighted by Crippen LogP contribution is 2.21. The Kier molecular flexibility index (Phi) is 7.23. The van der Waals surface area contributed by atoms with Gasteiger partial charge in [-0.3, -0.25) is 0 Å². The molecule has 0 spiro atoms. The molecule has 2 aromatic carbocycles. The normalized spacial score (nSPS) is 10.9. The van der Waals surface area contributed by atoms with Crippen molar-refractivity contribution in [2.75, 3.05) is 12.5 Å². The van der Waals surface area contributed by atoms with Crippen LogP contribution in [0.1, 0.15) is 29.6 Å². The van der Waals surface area contributed by atoms with Gasteiger partial charge in [-0.05, 0) is 67.8 Å². The molecule has 2 rings (SSSR count). The Morgan fingerprint density at radius 3 is 2.04 bits per heavy atom. The van der Waals surface area contributed by atoms with Crippen molar-refractivity contribution in [3.05, 3.63) is 54.1 Å². The minimum atomic E-state index is -0.961. The first-order valence-corrected chi connectivity index (χ1v) is 8.26. The third kappa shape index (κ3) is 6.01. The molecular weight excluding hydrogens is 328 g/mol. The van der Waals surface area contributed by atoms with Gasteiger partial charge in [0, 0.05) is 5.88 Å². The van der Waals surface area contributed by atoms with Gasteiger partial charge in [-0.15, -0.1) is 11.6 Å².